The van der Waals surface area contributed by atoms with Crippen molar-refractivity contribution >= 4 is 11.6 Å². The molecule has 0 radical (unpaired) electrons. The van der Waals surface area contributed by atoms with Crippen molar-refractivity contribution < 1.29 is 9.53 Å². The zero-order chi connectivity index (χ0) is 15.7. The zero-order valence-electron chi connectivity index (χ0n) is 13.1. The zero-order valence-corrected chi connectivity index (χ0v) is 13.1. The molecule has 0 bridgehead atoms. The second kappa shape index (κ2) is 9.31. The van der Waals surface area contributed by atoms with Crippen LogP contribution < -0.4 is 11.1 Å². The van der Waals surface area contributed by atoms with Crippen molar-refractivity contribution in [3.8, 4) is 0 Å². The minimum absolute atomic E-state index is 0.0149. The number of amides is 1. The second-order valence-corrected chi connectivity index (χ2v) is 4.84. The fourth-order valence-electron chi connectivity index (χ4n) is 2.03. The molecular weight excluding hydrogens is 268 g/mol. The Labute approximate surface area is 126 Å². The molecule has 0 saturated carbocycles. The Morgan fingerprint density at radius 3 is 2.81 bits per heavy atom. The van der Waals surface area contributed by atoms with Crippen LogP contribution in [-0.2, 0) is 4.74 Å². The fraction of sp³-hybridized carbons (Fsp3) is 0.600. The smallest absolute Gasteiger partial charge is 0.272 e. The maximum absolute atomic E-state index is 12.2. The number of hydrogen-bond acceptors (Lipinski definition) is 5. The van der Waals surface area contributed by atoms with E-state index in [2.05, 4.69) is 10.3 Å². The van der Waals surface area contributed by atoms with Gasteiger partial charge >= 0.3 is 0 Å². The highest BCUT2D eigenvalue weighted by Crippen LogP contribution is 2.10. The first-order valence-electron chi connectivity index (χ1n) is 7.36. The molecular formula is C15H26N4O2. The van der Waals surface area contributed by atoms with Crippen molar-refractivity contribution in [3.05, 3.63) is 24.0 Å². The summed E-state index contributed by atoms with van der Waals surface area (Å²) in [7, 11) is 1.64. The third-order valence-corrected chi connectivity index (χ3v) is 3.25. The molecule has 1 unspecified atom stereocenters. The lowest BCUT2D eigenvalue weighted by molar-refractivity contribution is 0.0767. The lowest BCUT2D eigenvalue weighted by Gasteiger charge is -2.18. The van der Waals surface area contributed by atoms with Crippen LogP contribution in [0.2, 0.25) is 0 Å². The molecule has 0 saturated heterocycles. The summed E-state index contributed by atoms with van der Waals surface area (Å²) in [6.45, 7) is 6.56. The van der Waals surface area contributed by atoms with Crippen molar-refractivity contribution in [1.29, 1.82) is 0 Å². The number of nitrogens with two attached hydrogens (primary N) is 1. The molecule has 1 atom stereocenters. The van der Waals surface area contributed by atoms with Gasteiger partial charge in [0.05, 0.1) is 6.61 Å². The maximum Gasteiger partial charge on any atom is 0.272 e. The van der Waals surface area contributed by atoms with Crippen molar-refractivity contribution in [2.75, 3.05) is 38.7 Å². The van der Waals surface area contributed by atoms with Crippen LogP contribution >= 0.6 is 0 Å². The molecule has 1 amide bonds. The summed E-state index contributed by atoms with van der Waals surface area (Å²) >= 11 is 0. The highest BCUT2D eigenvalue weighted by atomic mass is 16.5. The Kier molecular flexibility index (Phi) is 7.71. The third-order valence-electron chi connectivity index (χ3n) is 3.25. The van der Waals surface area contributed by atoms with E-state index in [9.17, 15) is 4.79 Å². The maximum atomic E-state index is 12.2. The highest BCUT2D eigenvalue weighted by molar-refractivity contribution is 5.93. The number of nitrogens with zero attached hydrogens (tertiary/aromatic N) is 2. The third kappa shape index (κ3) is 5.69. The summed E-state index contributed by atoms with van der Waals surface area (Å²) in [5.41, 5.74) is 7.21. The number of carbonyl (C=O) groups excluding carboxylic acids is 1. The number of carbonyl (C=O) groups is 1. The van der Waals surface area contributed by atoms with E-state index in [1.165, 1.54) is 0 Å². The molecule has 0 fully saturated rings. The van der Waals surface area contributed by atoms with Gasteiger partial charge in [0, 0.05) is 44.7 Å². The molecule has 21 heavy (non-hydrogen) atoms. The van der Waals surface area contributed by atoms with Gasteiger partial charge in [-0.25, -0.2) is 0 Å². The Morgan fingerprint density at radius 1 is 1.48 bits per heavy atom. The van der Waals surface area contributed by atoms with Crippen LogP contribution in [-0.4, -0.2) is 55.2 Å². The molecule has 1 aromatic heterocycles. The van der Waals surface area contributed by atoms with E-state index in [0.29, 0.717) is 25.4 Å². The van der Waals surface area contributed by atoms with Gasteiger partial charge in [-0.15, -0.1) is 0 Å². The average molecular weight is 294 g/mol. The SMILES string of the molecule is CCN(CC)C(=O)c1cc(NCCC(N)COC)ccn1. The molecule has 0 aliphatic rings. The van der Waals surface area contributed by atoms with Gasteiger partial charge in [-0.05, 0) is 32.4 Å². The lowest BCUT2D eigenvalue weighted by Crippen LogP contribution is -2.31. The molecule has 3 N–H and O–H groups in total. The predicted molar refractivity (Wildman–Crippen MR) is 84.4 cm³/mol. The first kappa shape index (κ1) is 17.4. The first-order chi connectivity index (χ1) is 10.1. The molecule has 6 heteroatoms. The van der Waals surface area contributed by atoms with E-state index in [1.54, 1.807) is 24.3 Å². The van der Waals surface area contributed by atoms with Crippen LogP contribution in [0.25, 0.3) is 0 Å². The molecule has 1 aromatic rings. The van der Waals surface area contributed by atoms with E-state index in [4.69, 9.17) is 10.5 Å². The van der Waals surface area contributed by atoms with Crippen molar-refractivity contribution in [2.45, 2.75) is 26.3 Å². The topological polar surface area (TPSA) is 80.5 Å². The Balaban J connectivity index is 2.58. The number of anilines is 1. The van der Waals surface area contributed by atoms with Crippen LogP contribution in [0.5, 0.6) is 0 Å². The van der Waals surface area contributed by atoms with Crippen LogP contribution in [0.3, 0.4) is 0 Å². The van der Waals surface area contributed by atoms with Gasteiger partial charge in [-0.1, -0.05) is 0 Å². The molecule has 0 spiro atoms. The van der Waals surface area contributed by atoms with E-state index in [-0.39, 0.29) is 11.9 Å². The van der Waals surface area contributed by atoms with E-state index in [0.717, 1.165) is 18.7 Å². The highest BCUT2D eigenvalue weighted by Gasteiger charge is 2.14. The van der Waals surface area contributed by atoms with E-state index in [1.807, 2.05) is 19.9 Å². The number of methoxy groups -OCH3 is 1. The Bertz CT molecular complexity index is 435. The first-order valence-corrected chi connectivity index (χ1v) is 7.36. The van der Waals surface area contributed by atoms with Crippen LogP contribution in [0.1, 0.15) is 30.8 Å². The second-order valence-electron chi connectivity index (χ2n) is 4.84. The monoisotopic (exact) mass is 294 g/mol. The summed E-state index contributed by atoms with van der Waals surface area (Å²) in [5.74, 6) is -0.0419. The van der Waals surface area contributed by atoms with E-state index < -0.39 is 0 Å². The summed E-state index contributed by atoms with van der Waals surface area (Å²) in [6.07, 6.45) is 2.45. The van der Waals surface area contributed by atoms with Gasteiger partial charge < -0.3 is 20.7 Å². The molecule has 6 nitrogen and oxygen atoms in total. The van der Waals surface area contributed by atoms with Gasteiger partial charge in [0.2, 0.25) is 0 Å². The Morgan fingerprint density at radius 2 is 2.19 bits per heavy atom. The van der Waals surface area contributed by atoms with Gasteiger partial charge in [0.25, 0.3) is 5.91 Å². The quantitative estimate of drug-likeness (QED) is 0.718. The number of pyridine rings is 1. The summed E-state index contributed by atoms with van der Waals surface area (Å²) < 4.78 is 5.00. The fourth-order valence-corrected chi connectivity index (χ4v) is 2.03. The number of hydrogen-bond donors (Lipinski definition) is 2. The molecule has 0 aliphatic heterocycles. The van der Waals surface area contributed by atoms with Crippen LogP contribution in [0.4, 0.5) is 5.69 Å². The minimum Gasteiger partial charge on any atom is -0.385 e. The van der Waals surface area contributed by atoms with Gasteiger partial charge in [0.15, 0.2) is 0 Å². The van der Waals surface area contributed by atoms with Gasteiger partial charge in [-0.2, -0.15) is 0 Å². The van der Waals surface area contributed by atoms with Crippen molar-refractivity contribution in [3.63, 3.8) is 0 Å². The standard InChI is InChI=1S/C15H26N4O2/c1-4-19(5-2)15(20)14-10-13(7-9-18-14)17-8-6-12(16)11-21-3/h7,9-10,12H,4-6,8,11,16H2,1-3H3,(H,17,18). The predicted octanol–water partition coefficient (Wildman–Crippen LogP) is 1.34. The molecule has 1 heterocycles. The molecule has 118 valence electrons. The van der Waals surface area contributed by atoms with Crippen LogP contribution in [0.15, 0.2) is 18.3 Å². The number of aromatic nitrogens is 1. The largest absolute Gasteiger partial charge is 0.385 e. The van der Waals surface area contributed by atoms with Crippen LogP contribution in [0, 0.1) is 0 Å². The number of ether oxygens (including phenoxy) is 1. The molecule has 1 rings (SSSR count). The molecule has 0 aliphatic carbocycles. The van der Waals surface area contributed by atoms with E-state index >= 15 is 0 Å². The minimum atomic E-state index is -0.0419. The number of rotatable bonds is 9. The summed E-state index contributed by atoms with van der Waals surface area (Å²) in [6, 6.07) is 3.64. The summed E-state index contributed by atoms with van der Waals surface area (Å²) in [5, 5.41) is 3.26. The Hall–Kier alpha value is -1.66. The van der Waals surface area contributed by atoms with Crippen molar-refractivity contribution in [2.24, 2.45) is 5.73 Å². The lowest BCUT2D eigenvalue weighted by atomic mass is 10.2. The molecule has 0 aromatic carbocycles. The normalized spacial score (nSPS) is 12.0. The summed E-state index contributed by atoms with van der Waals surface area (Å²) in [4.78, 5) is 18.1. The van der Waals surface area contributed by atoms with Gasteiger partial charge in [0.1, 0.15) is 5.69 Å². The van der Waals surface area contributed by atoms with Gasteiger partial charge in [-0.3, -0.25) is 9.78 Å². The van der Waals surface area contributed by atoms with Crippen molar-refractivity contribution in [1.82, 2.24) is 9.88 Å². The average Bonchev–Trinajstić information content (AvgIpc) is 2.49. The number of nitrogens with one attached hydrogen (secondary N) is 1.